The van der Waals surface area contributed by atoms with Crippen molar-refractivity contribution in [2.75, 3.05) is 0 Å². The maximum absolute atomic E-state index is 13.3. The van der Waals surface area contributed by atoms with Gasteiger partial charge >= 0.3 is 5.97 Å². The van der Waals surface area contributed by atoms with Crippen LogP contribution >= 0.6 is 0 Å². The van der Waals surface area contributed by atoms with E-state index in [1.54, 1.807) is 6.07 Å². The zero-order valence-corrected chi connectivity index (χ0v) is 8.33. The molecule has 0 aromatic heterocycles. The van der Waals surface area contributed by atoms with E-state index < -0.39 is 11.8 Å². The Balaban J connectivity index is 2.84. The van der Waals surface area contributed by atoms with Crippen LogP contribution in [0.2, 0.25) is 0 Å². The summed E-state index contributed by atoms with van der Waals surface area (Å²) in [5, 5.41) is 16.8. The Labute approximate surface area is 92.1 Å². The Morgan fingerprint density at radius 1 is 1.50 bits per heavy atom. The van der Waals surface area contributed by atoms with E-state index in [-0.39, 0.29) is 12.8 Å². The van der Waals surface area contributed by atoms with Crippen LogP contribution in [0.3, 0.4) is 0 Å². The molecule has 0 aliphatic rings. The molecule has 1 N–H and O–H groups in total. The lowest BCUT2D eigenvalue weighted by atomic mass is 10.1. The fourth-order valence-corrected chi connectivity index (χ4v) is 1.08. The van der Waals surface area contributed by atoms with Crippen molar-refractivity contribution in [3.05, 3.63) is 35.1 Å². The van der Waals surface area contributed by atoms with E-state index in [1.807, 2.05) is 6.07 Å². The largest absolute Gasteiger partial charge is 0.481 e. The zero-order chi connectivity index (χ0) is 12.0. The summed E-state index contributed by atoms with van der Waals surface area (Å²) in [4.78, 5) is 10.2. The van der Waals surface area contributed by atoms with Crippen molar-refractivity contribution >= 4 is 5.97 Å². The quantitative estimate of drug-likeness (QED) is 0.767. The van der Waals surface area contributed by atoms with Gasteiger partial charge in [-0.1, -0.05) is 17.9 Å². The van der Waals surface area contributed by atoms with Crippen LogP contribution in [0.4, 0.5) is 4.39 Å². The molecule has 0 aliphatic heterocycles. The summed E-state index contributed by atoms with van der Waals surface area (Å²) >= 11 is 0. The Morgan fingerprint density at radius 2 is 2.25 bits per heavy atom. The average molecular weight is 217 g/mol. The minimum Gasteiger partial charge on any atom is -0.481 e. The molecule has 1 rings (SSSR count). The third-order valence-corrected chi connectivity index (χ3v) is 1.79. The molecule has 0 saturated carbocycles. The molecular formula is C12H8FNO2. The van der Waals surface area contributed by atoms with Gasteiger partial charge in [0.1, 0.15) is 12.2 Å². The minimum absolute atomic E-state index is 0.00860. The number of rotatable bonds is 2. The predicted molar refractivity (Wildman–Crippen MR) is 54.8 cm³/mol. The molecule has 4 heteroatoms. The molecule has 0 atom stereocenters. The molecule has 0 amide bonds. The lowest BCUT2D eigenvalue weighted by molar-refractivity contribution is -0.135. The van der Waals surface area contributed by atoms with Gasteiger partial charge in [-0.15, -0.1) is 0 Å². The Morgan fingerprint density at radius 3 is 2.81 bits per heavy atom. The first kappa shape index (κ1) is 11.7. The highest BCUT2D eigenvalue weighted by molar-refractivity contribution is 5.70. The second kappa shape index (κ2) is 5.53. The number of nitriles is 1. The lowest BCUT2D eigenvalue weighted by Gasteiger charge is -1.97. The van der Waals surface area contributed by atoms with Gasteiger partial charge in [0.25, 0.3) is 0 Å². The maximum Gasteiger partial charge on any atom is 0.315 e. The van der Waals surface area contributed by atoms with E-state index in [4.69, 9.17) is 10.4 Å². The molecule has 1 aromatic rings. The number of halogens is 1. The van der Waals surface area contributed by atoms with Gasteiger partial charge in [0, 0.05) is 11.1 Å². The van der Waals surface area contributed by atoms with Gasteiger partial charge < -0.3 is 5.11 Å². The molecule has 0 aliphatic carbocycles. The molecule has 0 unspecified atom stereocenters. The third kappa shape index (κ3) is 3.43. The Bertz CT molecular complexity index is 506. The van der Waals surface area contributed by atoms with Gasteiger partial charge in [-0.3, -0.25) is 4.79 Å². The Hall–Kier alpha value is -2.33. The number of hydrogen-bond donors (Lipinski definition) is 1. The van der Waals surface area contributed by atoms with Crippen LogP contribution in [0.15, 0.2) is 18.2 Å². The Kier molecular flexibility index (Phi) is 4.06. The fourth-order valence-electron chi connectivity index (χ4n) is 1.08. The van der Waals surface area contributed by atoms with Gasteiger partial charge in [-0.25, -0.2) is 4.39 Å². The normalized spacial score (nSPS) is 8.75. The second-order valence-electron chi connectivity index (χ2n) is 3.01. The molecule has 80 valence electrons. The van der Waals surface area contributed by atoms with Crippen LogP contribution in [0, 0.1) is 29.0 Å². The predicted octanol–water partition coefficient (Wildman–Crippen LogP) is 1.72. The molecule has 0 fully saturated rings. The van der Waals surface area contributed by atoms with Gasteiger partial charge in [-0.05, 0) is 12.1 Å². The first-order valence-electron chi connectivity index (χ1n) is 4.49. The van der Waals surface area contributed by atoms with Crippen molar-refractivity contribution in [1.82, 2.24) is 0 Å². The molecule has 0 saturated heterocycles. The third-order valence-electron chi connectivity index (χ3n) is 1.79. The molecule has 0 bridgehead atoms. The van der Waals surface area contributed by atoms with Crippen molar-refractivity contribution < 1.29 is 14.3 Å². The van der Waals surface area contributed by atoms with Crippen molar-refractivity contribution in [2.24, 2.45) is 0 Å². The van der Waals surface area contributed by atoms with Crippen molar-refractivity contribution in [3.63, 3.8) is 0 Å². The summed E-state index contributed by atoms with van der Waals surface area (Å²) < 4.78 is 13.3. The highest BCUT2D eigenvalue weighted by Gasteiger charge is 2.01. The first-order chi connectivity index (χ1) is 7.63. The van der Waals surface area contributed by atoms with Gasteiger partial charge in [0.2, 0.25) is 0 Å². The van der Waals surface area contributed by atoms with Crippen LogP contribution < -0.4 is 0 Å². The van der Waals surface area contributed by atoms with Crippen molar-refractivity contribution in [3.8, 4) is 17.9 Å². The summed E-state index contributed by atoms with van der Waals surface area (Å²) in [6, 6.07) is 6.08. The maximum atomic E-state index is 13.3. The molecule has 0 spiro atoms. The summed E-state index contributed by atoms with van der Waals surface area (Å²) in [7, 11) is 0. The summed E-state index contributed by atoms with van der Waals surface area (Å²) in [5.74, 6) is 3.42. The number of benzene rings is 1. The number of carboxylic acids is 1. The molecule has 0 radical (unpaired) electrons. The average Bonchev–Trinajstić information content (AvgIpc) is 2.21. The second-order valence-corrected chi connectivity index (χ2v) is 3.01. The minimum atomic E-state index is -1.02. The van der Waals surface area contributed by atoms with E-state index in [0.29, 0.717) is 11.1 Å². The number of hydrogen-bond acceptors (Lipinski definition) is 2. The van der Waals surface area contributed by atoms with Crippen LogP contribution in [0.5, 0.6) is 0 Å². The number of carboxylic acid groups (broad SMARTS) is 1. The van der Waals surface area contributed by atoms with E-state index >= 15 is 0 Å². The van der Waals surface area contributed by atoms with Gasteiger partial charge in [-0.2, -0.15) is 5.26 Å². The highest BCUT2D eigenvalue weighted by Crippen LogP contribution is 2.10. The number of nitrogens with zero attached hydrogens (tertiary/aromatic N) is 1. The van der Waals surface area contributed by atoms with Crippen LogP contribution in [0.1, 0.15) is 17.5 Å². The molecule has 1 aromatic carbocycles. The first-order valence-corrected chi connectivity index (χ1v) is 4.49. The van der Waals surface area contributed by atoms with Gasteiger partial charge in [0.05, 0.1) is 12.5 Å². The van der Waals surface area contributed by atoms with Gasteiger partial charge in [0.15, 0.2) is 0 Å². The summed E-state index contributed by atoms with van der Waals surface area (Å²) in [6.07, 6.45) is -0.268. The van der Waals surface area contributed by atoms with E-state index in [2.05, 4.69) is 11.8 Å². The summed E-state index contributed by atoms with van der Waals surface area (Å²) in [6.45, 7) is 0. The van der Waals surface area contributed by atoms with Crippen LogP contribution in [0.25, 0.3) is 0 Å². The number of aliphatic carboxylic acids is 1. The highest BCUT2D eigenvalue weighted by atomic mass is 19.1. The topological polar surface area (TPSA) is 61.1 Å². The van der Waals surface area contributed by atoms with Crippen LogP contribution in [-0.2, 0) is 11.2 Å². The molecule has 0 heterocycles. The number of carbonyl (C=O) groups is 1. The smallest absolute Gasteiger partial charge is 0.315 e. The molecule has 3 nitrogen and oxygen atoms in total. The van der Waals surface area contributed by atoms with Crippen molar-refractivity contribution in [2.45, 2.75) is 12.8 Å². The van der Waals surface area contributed by atoms with Crippen LogP contribution in [-0.4, -0.2) is 11.1 Å². The standard InChI is InChI=1S/C12H8FNO2/c13-11-8-9(2-1-3-12(15)16)4-5-10(11)6-7-14/h4-5,8H,3,6H2,(H,15,16). The summed E-state index contributed by atoms with van der Waals surface area (Å²) in [5.41, 5.74) is 0.715. The zero-order valence-electron chi connectivity index (χ0n) is 8.33. The molecular weight excluding hydrogens is 209 g/mol. The van der Waals surface area contributed by atoms with E-state index in [0.717, 1.165) is 0 Å². The van der Waals surface area contributed by atoms with E-state index in [1.165, 1.54) is 12.1 Å². The lowest BCUT2D eigenvalue weighted by Crippen LogP contribution is -1.91. The SMILES string of the molecule is N#CCc1ccc(C#CCC(=O)O)cc1F. The molecule has 16 heavy (non-hydrogen) atoms. The fraction of sp³-hybridized carbons (Fsp3) is 0.167. The van der Waals surface area contributed by atoms with Crippen molar-refractivity contribution in [1.29, 1.82) is 5.26 Å². The van der Waals surface area contributed by atoms with E-state index in [9.17, 15) is 9.18 Å². The monoisotopic (exact) mass is 217 g/mol.